The lowest BCUT2D eigenvalue weighted by Crippen LogP contribution is -2.44. The summed E-state index contributed by atoms with van der Waals surface area (Å²) in [6.45, 7) is 2.06. The van der Waals surface area contributed by atoms with Crippen molar-refractivity contribution >= 4 is 33.7 Å². The van der Waals surface area contributed by atoms with Crippen LogP contribution < -0.4 is 10.1 Å². The van der Waals surface area contributed by atoms with Gasteiger partial charge in [-0.25, -0.2) is 14.2 Å². The van der Waals surface area contributed by atoms with Crippen molar-refractivity contribution in [2.24, 2.45) is 0 Å². The molecule has 2 aromatic carbocycles. The molecule has 1 aliphatic heterocycles. The molecule has 0 unspecified atom stereocenters. The van der Waals surface area contributed by atoms with E-state index in [0.29, 0.717) is 18.6 Å². The number of halogens is 1. The molecule has 2 amide bonds. The molecular weight excluding hydrogens is 583 g/mol. The zero-order chi connectivity index (χ0) is 31.1. The number of ether oxygens (including phenoxy) is 1. The molecule has 4 rings (SSSR count). The van der Waals surface area contributed by atoms with Crippen molar-refractivity contribution in [1.82, 2.24) is 14.5 Å². The number of hydrogen-bond acceptors (Lipinski definition) is 7. The third-order valence-electron chi connectivity index (χ3n) is 7.18. The number of carboxylic acid groups (broad SMARTS) is 1. The summed E-state index contributed by atoms with van der Waals surface area (Å²) in [5, 5.41) is 12.4. The maximum absolute atomic E-state index is 13.9. The summed E-state index contributed by atoms with van der Waals surface area (Å²) >= 11 is 0. The van der Waals surface area contributed by atoms with Crippen molar-refractivity contribution in [2.45, 2.75) is 68.5 Å². The Morgan fingerprint density at radius 3 is 2.51 bits per heavy atom. The molecule has 0 aliphatic carbocycles. The van der Waals surface area contributed by atoms with Gasteiger partial charge >= 0.3 is 5.97 Å². The molecule has 14 heteroatoms. The zero-order valence-corrected chi connectivity index (χ0v) is 24.2. The van der Waals surface area contributed by atoms with Gasteiger partial charge in [0.15, 0.2) is 5.82 Å². The Hall–Kier alpha value is -4.30. The summed E-state index contributed by atoms with van der Waals surface area (Å²) in [4.78, 5) is 43.8. The molecular formula is C29H33FN4O8S. The normalized spacial score (nSPS) is 17.4. The van der Waals surface area contributed by atoms with Crippen LogP contribution in [0, 0.1) is 5.82 Å². The molecule has 0 saturated carbocycles. The largest absolute Gasteiger partial charge is 0.488 e. The highest BCUT2D eigenvalue weighted by Crippen LogP contribution is 2.29. The van der Waals surface area contributed by atoms with Crippen LogP contribution in [0.25, 0.3) is 0 Å². The molecule has 1 fully saturated rings. The van der Waals surface area contributed by atoms with Crippen molar-refractivity contribution < 1.29 is 41.6 Å². The molecule has 230 valence electrons. The van der Waals surface area contributed by atoms with Crippen LogP contribution >= 0.6 is 0 Å². The highest BCUT2D eigenvalue weighted by Gasteiger charge is 2.43. The monoisotopic (exact) mass is 616 g/mol. The zero-order valence-electron chi connectivity index (χ0n) is 23.4. The Morgan fingerprint density at radius 1 is 1.12 bits per heavy atom. The topological polar surface area (TPSA) is 168 Å². The molecule has 3 atom stereocenters. The number of unbranched alkanes of at least 4 members (excludes halogenated alkanes) is 3. The first-order chi connectivity index (χ1) is 20.5. The van der Waals surface area contributed by atoms with E-state index in [4.69, 9.17) is 4.74 Å². The van der Waals surface area contributed by atoms with Crippen LogP contribution in [0.1, 0.15) is 61.8 Å². The molecule has 3 N–H and O–H groups in total. The summed E-state index contributed by atoms with van der Waals surface area (Å²) in [5.74, 6) is -2.54. The number of likely N-dealkylation sites (tertiary alicyclic amines) is 1. The van der Waals surface area contributed by atoms with Gasteiger partial charge in [-0.05, 0) is 42.8 Å². The predicted octanol–water partition coefficient (Wildman–Crippen LogP) is 4.17. The van der Waals surface area contributed by atoms with Crippen LogP contribution in [0.15, 0.2) is 66.0 Å². The smallest absolute Gasteiger partial charge is 0.326 e. The van der Waals surface area contributed by atoms with E-state index in [9.17, 15) is 36.9 Å². The van der Waals surface area contributed by atoms with Crippen molar-refractivity contribution in [3.63, 3.8) is 0 Å². The summed E-state index contributed by atoms with van der Waals surface area (Å²) < 4.78 is 53.6. The third kappa shape index (κ3) is 7.96. The van der Waals surface area contributed by atoms with Gasteiger partial charge in [0, 0.05) is 12.6 Å². The first kappa shape index (κ1) is 31.6. The van der Waals surface area contributed by atoms with Gasteiger partial charge in [-0.2, -0.15) is 8.42 Å². The second-order valence-electron chi connectivity index (χ2n) is 10.3. The Balaban J connectivity index is 1.55. The molecule has 1 aromatic heterocycles. The number of amides is 2. The number of carbonyl (C=O) groups excluding carboxylic acids is 2. The van der Waals surface area contributed by atoms with Gasteiger partial charge in [-0.3, -0.25) is 14.1 Å². The number of anilines is 1. The molecule has 12 nitrogen and oxygen atoms in total. The van der Waals surface area contributed by atoms with Gasteiger partial charge < -0.3 is 24.6 Å². The number of imidazole rings is 1. The molecule has 0 radical (unpaired) electrons. The van der Waals surface area contributed by atoms with E-state index in [0.717, 1.165) is 25.3 Å². The fourth-order valence-corrected chi connectivity index (χ4v) is 5.75. The van der Waals surface area contributed by atoms with E-state index in [1.54, 1.807) is 0 Å². The number of aliphatic carboxylic acids is 1. The second kappa shape index (κ2) is 13.8. The third-order valence-corrected chi connectivity index (χ3v) is 8.09. The summed E-state index contributed by atoms with van der Waals surface area (Å²) in [7, 11) is -4.67. The summed E-state index contributed by atoms with van der Waals surface area (Å²) in [5.41, 5.74) is -0.291. The van der Waals surface area contributed by atoms with Crippen molar-refractivity contribution in [3.8, 4) is 5.75 Å². The lowest BCUT2D eigenvalue weighted by molar-refractivity contribution is -0.149. The van der Waals surface area contributed by atoms with E-state index in [2.05, 4.69) is 17.2 Å². The first-order valence-corrected chi connectivity index (χ1v) is 15.3. The van der Waals surface area contributed by atoms with Crippen LogP contribution in [0.2, 0.25) is 0 Å². The molecule has 43 heavy (non-hydrogen) atoms. The average molecular weight is 617 g/mol. The fraction of sp³-hybridized carbons (Fsp3) is 0.379. The number of benzene rings is 2. The Kier molecular flexibility index (Phi) is 10.1. The van der Waals surface area contributed by atoms with Gasteiger partial charge in [-0.15, -0.1) is 0 Å². The second-order valence-corrected chi connectivity index (χ2v) is 11.7. The molecule has 2 heterocycles. The lowest BCUT2D eigenvalue weighted by Gasteiger charge is -2.27. The Bertz CT molecular complexity index is 1560. The Labute approximate surface area is 248 Å². The minimum atomic E-state index is -4.67. The van der Waals surface area contributed by atoms with Gasteiger partial charge in [0.2, 0.25) is 5.91 Å². The van der Waals surface area contributed by atoms with E-state index in [1.807, 2.05) is 0 Å². The number of hydrogen-bond donors (Lipinski definition) is 3. The maximum atomic E-state index is 13.9. The van der Waals surface area contributed by atoms with Gasteiger partial charge in [0.25, 0.3) is 16.0 Å². The fourth-order valence-electron chi connectivity index (χ4n) is 5.06. The summed E-state index contributed by atoms with van der Waals surface area (Å²) in [6.07, 6.45) is 5.99. The number of aromatic nitrogens is 2. The van der Waals surface area contributed by atoms with Crippen LogP contribution in [-0.2, 0) is 19.7 Å². The number of carboxylic acids is 1. The number of nitrogens with zero attached hydrogens (tertiary/aromatic N) is 3. The minimum absolute atomic E-state index is 0.00332. The predicted molar refractivity (Wildman–Crippen MR) is 153 cm³/mol. The van der Waals surface area contributed by atoms with E-state index < -0.39 is 56.8 Å². The first-order valence-electron chi connectivity index (χ1n) is 13.8. The number of rotatable bonds is 13. The van der Waals surface area contributed by atoms with E-state index in [-0.39, 0.29) is 24.3 Å². The lowest BCUT2D eigenvalue weighted by atomic mass is 10.1. The van der Waals surface area contributed by atoms with Crippen molar-refractivity contribution in [2.75, 3.05) is 11.9 Å². The van der Waals surface area contributed by atoms with Crippen molar-refractivity contribution in [1.29, 1.82) is 0 Å². The Morgan fingerprint density at radius 2 is 1.84 bits per heavy atom. The quantitative estimate of drug-likeness (QED) is 0.189. The van der Waals surface area contributed by atoms with Crippen LogP contribution in [-0.4, -0.2) is 69.0 Å². The SMILES string of the molecule is CCCCCC[C@H](C(=O)N1C[C@@H](Oc2ccc(F)cc2)C[C@H]1C(=O)O)n1cnc(NC(=O)c2ccccc2S(=O)(=O)O)c1. The number of carbonyl (C=O) groups is 3. The number of nitrogens with one attached hydrogen (secondary N) is 1. The molecule has 1 aliphatic rings. The van der Waals surface area contributed by atoms with Gasteiger partial charge in [0.1, 0.15) is 34.6 Å². The standard InChI is InChI=1S/C29H33FN4O8S/c1-2-3-4-5-9-23(28(36)34-16-21(15-24(34)29(37)38)42-20-13-11-19(30)12-14-20)33-17-26(31-18-33)32-27(35)22-8-6-7-10-25(22)43(39,40)41/h6-8,10-14,17-18,21,23-24H,2-5,9,15-16H2,1H3,(H,32,35)(H,37,38)(H,39,40,41)/t21-,23+,24-/m0/s1. The molecule has 0 bridgehead atoms. The van der Waals surface area contributed by atoms with E-state index >= 15 is 0 Å². The average Bonchev–Trinajstić information content (AvgIpc) is 3.61. The minimum Gasteiger partial charge on any atom is -0.488 e. The van der Waals surface area contributed by atoms with E-state index in [1.165, 1.54) is 64.5 Å². The molecule has 0 spiro atoms. The molecule has 3 aromatic rings. The highest BCUT2D eigenvalue weighted by atomic mass is 32.2. The molecule has 1 saturated heterocycles. The van der Waals surface area contributed by atoms with Gasteiger partial charge in [0.05, 0.1) is 18.4 Å². The van der Waals surface area contributed by atoms with Crippen molar-refractivity contribution in [3.05, 3.63) is 72.4 Å². The van der Waals surface area contributed by atoms with Crippen LogP contribution in [0.4, 0.5) is 10.2 Å². The van der Waals surface area contributed by atoms with Crippen LogP contribution in [0.5, 0.6) is 5.75 Å². The summed E-state index contributed by atoms with van der Waals surface area (Å²) in [6, 6.07) is 8.47. The van der Waals surface area contributed by atoms with Gasteiger partial charge in [-0.1, -0.05) is 44.7 Å². The highest BCUT2D eigenvalue weighted by molar-refractivity contribution is 7.86. The maximum Gasteiger partial charge on any atom is 0.326 e. The van der Waals surface area contributed by atoms with Crippen LogP contribution in [0.3, 0.4) is 0 Å².